The van der Waals surface area contributed by atoms with Crippen molar-refractivity contribution in [1.82, 2.24) is 5.32 Å². The number of rotatable bonds is 5. The summed E-state index contributed by atoms with van der Waals surface area (Å²) in [6, 6.07) is 5.16. The van der Waals surface area contributed by atoms with Crippen LogP contribution in [0.15, 0.2) is 12.1 Å². The van der Waals surface area contributed by atoms with Gasteiger partial charge in [0, 0.05) is 15.8 Å². The SMILES string of the molecule is CCCC1CCC(C(NC)c2ccc(C)s2)CC1. The molecule has 0 aliphatic heterocycles. The van der Waals surface area contributed by atoms with Gasteiger partial charge in [-0.2, -0.15) is 0 Å². The van der Waals surface area contributed by atoms with Crippen molar-refractivity contribution in [3.8, 4) is 0 Å². The number of nitrogens with one attached hydrogen (secondary N) is 1. The van der Waals surface area contributed by atoms with Gasteiger partial charge in [0.25, 0.3) is 0 Å². The highest BCUT2D eigenvalue weighted by atomic mass is 32.1. The minimum absolute atomic E-state index is 0.589. The van der Waals surface area contributed by atoms with Crippen LogP contribution in [0.4, 0.5) is 0 Å². The molecule has 0 spiro atoms. The van der Waals surface area contributed by atoms with E-state index in [1.54, 1.807) is 0 Å². The van der Waals surface area contributed by atoms with Gasteiger partial charge in [-0.15, -0.1) is 11.3 Å². The third-order valence-electron chi connectivity index (χ3n) is 4.44. The summed E-state index contributed by atoms with van der Waals surface area (Å²) in [4.78, 5) is 2.97. The second kappa shape index (κ2) is 6.72. The summed E-state index contributed by atoms with van der Waals surface area (Å²) in [5, 5.41) is 3.56. The first-order valence-electron chi connectivity index (χ1n) is 7.48. The van der Waals surface area contributed by atoms with Crippen molar-refractivity contribution in [2.75, 3.05) is 7.05 Å². The van der Waals surface area contributed by atoms with Crippen molar-refractivity contribution in [3.63, 3.8) is 0 Å². The molecule has 0 radical (unpaired) electrons. The van der Waals surface area contributed by atoms with E-state index in [4.69, 9.17) is 0 Å². The van der Waals surface area contributed by atoms with Crippen LogP contribution < -0.4 is 5.32 Å². The Hall–Kier alpha value is -0.340. The topological polar surface area (TPSA) is 12.0 Å². The molecule has 0 saturated heterocycles. The van der Waals surface area contributed by atoms with Gasteiger partial charge in [-0.3, -0.25) is 0 Å². The molecule has 1 atom stereocenters. The first-order valence-corrected chi connectivity index (χ1v) is 8.29. The van der Waals surface area contributed by atoms with E-state index in [0.717, 1.165) is 11.8 Å². The zero-order chi connectivity index (χ0) is 13.0. The molecule has 1 saturated carbocycles. The summed E-state index contributed by atoms with van der Waals surface area (Å²) < 4.78 is 0. The monoisotopic (exact) mass is 265 g/mol. The highest BCUT2D eigenvalue weighted by Crippen LogP contribution is 2.39. The van der Waals surface area contributed by atoms with Crippen LogP contribution in [-0.4, -0.2) is 7.05 Å². The molecule has 1 fully saturated rings. The normalized spacial score (nSPS) is 26.2. The highest BCUT2D eigenvalue weighted by Gasteiger charge is 2.28. The van der Waals surface area contributed by atoms with E-state index in [2.05, 4.69) is 38.3 Å². The second-order valence-electron chi connectivity index (χ2n) is 5.78. The van der Waals surface area contributed by atoms with Crippen LogP contribution in [-0.2, 0) is 0 Å². The fourth-order valence-electron chi connectivity index (χ4n) is 3.45. The van der Waals surface area contributed by atoms with Crippen molar-refractivity contribution >= 4 is 11.3 Å². The smallest absolute Gasteiger partial charge is 0.0441 e. The minimum Gasteiger partial charge on any atom is -0.312 e. The van der Waals surface area contributed by atoms with Gasteiger partial charge in [0.05, 0.1) is 0 Å². The van der Waals surface area contributed by atoms with E-state index in [9.17, 15) is 0 Å². The lowest BCUT2D eigenvalue weighted by molar-refractivity contribution is 0.221. The minimum atomic E-state index is 0.589. The van der Waals surface area contributed by atoms with E-state index in [1.165, 1.54) is 48.3 Å². The van der Waals surface area contributed by atoms with Crippen LogP contribution >= 0.6 is 11.3 Å². The molecule has 2 rings (SSSR count). The van der Waals surface area contributed by atoms with Crippen molar-refractivity contribution in [2.24, 2.45) is 11.8 Å². The number of thiophene rings is 1. The molecule has 0 bridgehead atoms. The average Bonchev–Trinajstić information content (AvgIpc) is 2.79. The molecular formula is C16H27NS. The predicted molar refractivity (Wildman–Crippen MR) is 81.2 cm³/mol. The van der Waals surface area contributed by atoms with Crippen molar-refractivity contribution < 1.29 is 0 Å². The van der Waals surface area contributed by atoms with E-state index < -0.39 is 0 Å². The summed E-state index contributed by atoms with van der Waals surface area (Å²) in [6.07, 6.45) is 8.51. The lowest BCUT2D eigenvalue weighted by atomic mass is 9.77. The lowest BCUT2D eigenvalue weighted by Gasteiger charge is -2.33. The van der Waals surface area contributed by atoms with Gasteiger partial charge in [0.1, 0.15) is 0 Å². The standard InChI is InChI=1S/C16H27NS/c1-4-5-13-7-9-14(10-8-13)16(17-3)15-11-6-12(2)18-15/h6,11,13-14,16-17H,4-5,7-10H2,1-3H3. The first kappa shape index (κ1) is 14.1. The highest BCUT2D eigenvalue weighted by molar-refractivity contribution is 7.12. The molecule has 0 aromatic carbocycles. The van der Waals surface area contributed by atoms with E-state index >= 15 is 0 Å². The molecule has 1 aromatic heterocycles. The number of hydrogen-bond acceptors (Lipinski definition) is 2. The quantitative estimate of drug-likeness (QED) is 0.796. The third kappa shape index (κ3) is 3.36. The van der Waals surface area contributed by atoms with E-state index in [1.807, 2.05) is 11.3 Å². The molecule has 102 valence electrons. The maximum absolute atomic E-state index is 3.56. The third-order valence-corrected chi connectivity index (χ3v) is 5.52. The molecule has 1 aliphatic carbocycles. The van der Waals surface area contributed by atoms with Gasteiger partial charge in [-0.25, -0.2) is 0 Å². The van der Waals surface area contributed by atoms with Gasteiger partial charge in [-0.05, 0) is 50.8 Å². The predicted octanol–water partition coefficient (Wildman–Crippen LogP) is 4.92. The van der Waals surface area contributed by atoms with Crippen LogP contribution in [0.25, 0.3) is 0 Å². The Morgan fingerprint density at radius 1 is 1.28 bits per heavy atom. The van der Waals surface area contributed by atoms with Crippen molar-refractivity contribution in [3.05, 3.63) is 21.9 Å². The molecular weight excluding hydrogens is 238 g/mol. The van der Waals surface area contributed by atoms with Gasteiger partial charge in [0.15, 0.2) is 0 Å². The van der Waals surface area contributed by atoms with Crippen LogP contribution in [0.2, 0.25) is 0 Å². The molecule has 1 aromatic rings. The summed E-state index contributed by atoms with van der Waals surface area (Å²) in [6.45, 7) is 4.52. The van der Waals surface area contributed by atoms with Gasteiger partial charge in [0.2, 0.25) is 0 Å². The van der Waals surface area contributed by atoms with Crippen molar-refractivity contribution in [2.45, 2.75) is 58.4 Å². The fraction of sp³-hybridized carbons (Fsp3) is 0.750. The van der Waals surface area contributed by atoms with Gasteiger partial charge in [-0.1, -0.05) is 32.6 Å². The van der Waals surface area contributed by atoms with Crippen molar-refractivity contribution in [1.29, 1.82) is 0 Å². The first-order chi connectivity index (χ1) is 8.74. The Morgan fingerprint density at radius 2 is 2.00 bits per heavy atom. The zero-order valence-corrected chi connectivity index (χ0v) is 12.9. The maximum Gasteiger partial charge on any atom is 0.0441 e. The molecule has 18 heavy (non-hydrogen) atoms. The second-order valence-corrected chi connectivity index (χ2v) is 7.10. The Morgan fingerprint density at radius 3 is 2.50 bits per heavy atom. The van der Waals surface area contributed by atoms with Crippen LogP contribution in [0.5, 0.6) is 0 Å². The summed E-state index contributed by atoms with van der Waals surface area (Å²) >= 11 is 1.96. The largest absolute Gasteiger partial charge is 0.312 e. The van der Waals surface area contributed by atoms with Gasteiger partial charge < -0.3 is 5.32 Å². The molecule has 1 nitrogen and oxygen atoms in total. The van der Waals surface area contributed by atoms with E-state index in [0.29, 0.717) is 6.04 Å². The van der Waals surface area contributed by atoms with Crippen LogP contribution in [0, 0.1) is 18.8 Å². The Kier molecular flexibility index (Phi) is 5.25. The molecule has 1 N–H and O–H groups in total. The molecule has 0 amide bonds. The Labute approximate surface area is 116 Å². The maximum atomic E-state index is 3.56. The van der Waals surface area contributed by atoms with Gasteiger partial charge >= 0.3 is 0 Å². The summed E-state index contributed by atoms with van der Waals surface area (Å²) in [7, 11) is 2.12. The zero-order valence-electron chi connectivity index (χ0n) is 12.0. The summed E-state index contributed by atoms with van der Waals surface area (Å²) in [5.41, 5.74) is 0. The molecule has 2 heteroatoms. The van der Waals surface area contributed by atoms with E-state index in [-0.39, 0.29) is 0 Å². The average molecular weight is 265 g/mol. The Balaban J connectivity index is 1.94. The fourth-order valence-corrected chi connectivity index (χ4v) is 4.53. The Bertz CT molecular complexity index is 350. The lowest BCUT2D eigenvalue weighted by Crippen LogP contribution is -2.28. The van der Waals surface area contributed by atoms with Crippen LogP contribution in [0.1, 0.15) is 61.2 Å². The van der Waals surface area contributed by atoms with Crippen LogP contribution in [0.3, 0.4) is 0 Å². The molecule has 1 heterocycles. The summed E-state index contributed by atoms with van der Waals surface area (Å²) in [5.74, 6) is 1.86. The molecule has 1 unspecified atom stereocenters. The number of aryl methyl sites for hydroxylation is 1. The molecule has 1 aliphatic rings. The number of hydrogen-bond donors (Lipinski definition) is 1.